The lowest BCUT2D eigenvalue weighted by Gasteiger charge is -2.23. The molecule has 0 unspecified atom stereocenters. The Morgan fingerprint density at radius 1 is 0.317 bits per heavy atom. The molecule has 9 heteroatoms. The van der Waals surface area contributed by atoms with Crippen molar-refractivity contribution < 1.29 is 33.2 Å². The highest BCUT2D eigenvalue weighted by atomic mass is 16.5. The summed E-state index contributed by atoms with van der Waals surface area (Å²) in [5, 5.41) is 0. The number of fused-ring (bicyclic) bond motifs is 22. The van der Waals surface area contributed by atoms with Gasteiger partial charge in [-0.1, -0.05) is 48.5 Å². The van der Waals surface area contributed by atoms with E-state index in [0.29, 0.717) is 92.5 Å². The van der Waals surface area contributed by atoms with Gasteiger partial charge in [0.25, 0.3) is 0 Å². The lowest BCUT2D eigenvalue weighted by Crippen LogP contribution is -2.34. The van der Waals surface area contributed by atoms with Crippen molar-refractivity contribution in [2.24, 2.45) is 0 Å². The van der Waals surface area contributed by atoms with Gasteiger partial charge in [-0.25, -0.2) is 0 Å². The summed E-state index contributed by atoms with van der Waals surface area (Å²) < 4.78 is 41.9. The van der Waals surface area contributed by atoms with Crippen LogP contribution in [0.25, 0.3) is 0 Å². The van der Waals surface area contributed by atoms with Gasteiger partial charge in [-0.15, -0.1) is 0 Å². The van der Waals surface area contributed by atoms with Crippen molar-refractivity contribution in [3.05, 3.63) is 70.8 Å². The van der Waals surface area contributed by atoms with Crippen LogP contribution in [0, 0.1) is 0 Å². The highest BCUT2D eigenvalue weighted by molar-refractivity contribution is 5.26. The molecule has 0 amide bonds. The van der Waals surface area contributed by atoms with Crippen molar-refractivity contribution in [2.75, 3.05) is 105 Å². The quantitative estimate of drug-likeness (QED) is 0.443. The van der Waals surface area contributed by atoms with E-state index in [1.807, 2.05) is 0 Å². The Kier molecular flexibility index (Phi) is 15.7. The Bertz CT molecular complexity index is 826. The second-order valence-corrected chi connectivity index (χ2v) is 10.3. The largest absolute Gasteiger partial charge is 0.378 e. The highest BCUT2D eigenvalue weighted by Gasteiger charge is 2.11. The molecule has 0 saturated carbocycles. The molecule has 0 spiro atoms. The number of hydrogen-bond donors (Lipinski definition) is 0. The van der Waals surface area contributed by atoms with Crippen LogP contribution in [0.15, 0.2) is 48.5 Å². The molecule has 3 aliphatic heterocycles. The van der Waals surface area contributed by atoms with Gasteiger partial charge in [0.1, 0.15) is 0 Å². The SMILES string of the molecule is c1ccc2c(c1)COCCN1CCOCCOCCOCCN(CCOC2)CCOCc2ccccc2COCC1. The summed E-state index contributed by atoms with van der Waals surface area (Å²) in [6.45, 7) is 13.2. The van der Waals surface area contributed by atoms with Crippen molar-refractivity contribution in [1.82, 2.24) is 9.80 Å². The summed E-state index contributed by atoms with van der Waals surface area (Å²) in [6.07, 6.45) is 0. The van der Waals surface area contributed by atoms with Crippen LogP contribution in [0.2, 0.25) is 0 Å². The summed E-state index contributed by atoms with van der Waals surface area (Å²) in [5.74, 6) is 0. The summed E-state index contributed by atoms with van der Waals surface area (Å²) in [4.78, 5) is 4.68. The summed E-state index contributed by atoms with van der Waals surface area (Å²) in [6, 6.07) is 16.7. The summed E-state index contributed by atoms with van der Waals surface area (Å²) in [5.41, 5.74) is 4.68. The molecule has 0 fully saturated rings. The van der Waals surface area contributed by atoms with Crippen LogP contribution < -0.4 is 0 Å². The third-order valence-corrected chi connectivity index (χ3v) is 7.32. The Labute approximate surface area is 245 Å². The van der Waals surface area contributed by atoms with Gasteiger partial charge in [0.2, 0.25) is 0 Å². The monoisotopic (exact) mass is 572 g/mol. The van der Waals surface area contributed by atoms with Crippen LogP contribution in [0.4, 0.5) is 0 Å². The van der Waals surface area contributed by atoms with E-state index in [4.69, 9.17) is 33.2 Å². The molecule has 0 N–H and O–H groups in total. The Balaban J connectivity index is 1.45. The Hall–Kier alpha value is -1.92. The molecule has 2 aromatic rings. The third-order valence-electron chi connectivity index (χ3n) is 7.32. The maximum absolute atomic E-state index is 6.13. The molecule has 3 heterocycles. The average Bonchev–Trinajstić information content (AvgIpc) is 2.99. The first-order valence-corrected chi connectivity index (χ1v) is 15.0. The van der Waals surface area contributed by atoms with E-state index in [0.717, 1.165) is 39.3 Å². The predicted molar refractivity (Wildman–Crippen MR) is 157 cm³/mol. The molecular formula is C32H48N2O7. The van der Waals surface area contributed by atoms with E-state index in [1.165, 1.54) is 22.3 Å². The normalized spacial score (nSPS) is 24.4. The molecule has 0 saturated heterocycles. The van der Waals surface area contributed by atoms with Crippen molar-refractivity contribution in [3.8, 4) is 0 Å². The van der Waals surface area contributed by atoms with Crippen LogP contribution in [-0.2, 0) is 59.6 Å². The molecule has 2 bridgehead atoms. The average molecular weight is 573 g/mol. The second-order valence-electron chi connectivity index (χ2n) is 10.3. The minimum atomic E-state index is 0.565. The van der Waals surface area contributed by atoms with Gasteiger partial charge in [-0.3, -0.25) is 9.80 Å². The molecular weight excluding hydrogens is 524 g/mol. The van der Waals surface area contributed by atoms with Gasteiger partial charge in [0.15, 0.2) is 0 Å². The van der Waals surface area contributed by atoms with Gasteiger partial charge >= 0.3 is 0 Å². The fraction of sp³-hybridized carbons (Fsp3) is 0.625. The summed E-state index contributed by atoms with van der Waals surface area (Å²) >= 11 is 0. The Morgan fingerprint density at radius 2 is 0.561 bits per heavy atom. The molecule has 5 rings (SSSR count). The van der Waals surface area contributed by atoms with E-state index in [-0.39, 0.29) is 0 Å². The van der Waals surface area contributed by atoms with Crippen LogP contribution in [-0.4, -0.2) is 115 Å². The van der Waals surface area contributed by atoms with Crippen LogP contribution in [0.3, 0.4) is 0 Å². The minimum absolute atomic E-state index is 0.565. The van der Waals surface area contributed by atoms with Crippen LogP contribution in [0.5, 0.6) is 0 Å². The molecule has 0 aromatic heterocycles. The molecule has 41 heavy (non-hydrogen) atoms. The Morgan fingerprint density at radius 3 is 0.854 bits per heavy atom. The van der Waals surface area contributed by atoms with Crippen molar-refractivity contribution in [2.45, 2.75) is 26.4 Å². The standard InChI is InChI=1S/C32H48N2O7/c1-2-6-30-26-39-18-12-34-10-16-36-22-24-37-23-21-35-15-9-33(11-17-38-25-29(30)5-1)13-19-40-27-31-7-3-4-8-32(31)28-41-20-14-34/h1-8H,9-28H2. The van der Waals surface area contributed by atoms with Crippen molar-refractivity contribution in [3.63, 3.8) is 0 Å². The lowest BCUT2D eigenvalue weighted by atomic mass is 10.1. The molecule has 0 aliphatic carbocycles. The first kappa shape index (κ1) is 32.0. The zero-order chi connectivity index (χ0) is 28.2. The molecule has 0 radical (unpaired) electrons. The van der Waals surface area contributed by atoms with E-state index in [9.17, 15) is 0 Å². The summed E-state index contributed by atoms with van der Waals surface area (Å²) in [7, 11) is 0. The van der Waals surface area contributed by atoms with E-state index in [2.05, 4.69) is 58.3 Å². The minimum Gasteiger partial charge on any atom is -0.378 e. The maximum atomic E-state index is 6.13. The van der Waals surface area contributed by atoms with E-state index < -0.39 is 0 Å². The third kappa shape index (κ3) is 12.9. The number of benzene rings is 2. The van der Waals surface area contributed by atoms with Crippen LogP contribution in [0.1, 0.15) is 22.3 Å². The second kappa shape index (κ2) is 20.1. The van der Waals surface area contributed by atoms with E-state index in [1.54, 1.807) is 0 Å². The molecule has 3 aliphatic rings. The van der Waals surface area contributed by atoms with E-state index >= 15 is 0 Å². The van der Waals surface area contributed by atoms with Gasteiger partial charge in [0, 0.05) is 39.3 Å². The predicted octanol–water partition coefficient (Wildman–Crippen LogP) is 3.13. The first-order valence-electron chi connectivity index (χ1n) is 15.0. The number of rotatable bonds is 0. The number of hydrogen-bond acceptors (Lipinski definition) is 9. The molecule has 0 atom stereocenters. The van der Waals surface area contributed by atoms with Gasteiger partial charge < -0.3 is 33.2 Å². The molecule has 228 valence electrons. The van der Waals surface area contributed by atoms with Gasteiger partial charge in [-0.05, 0) is 22.3 Å². The zero-order valence-corrected chi connectivity index (χ0v) is 24.5. The first-order chi connectivity index (χ1) is 20.4. The lowest BCUT2D eigenvalue weighted by molar-refractivity contribution is 0.000881. The smallest absolute Gasteiger partial charge is 0.0721 e. The zero-order valence-electron chi connectivity index (χ0n) is 24.5. The van der Waals surface area contributed by atoms with Crippen molar-refractivity contribution >= 4 is 0 Å². The van der Waals surface area contributed by atoms with Gasteiger partial charge in [-0.2, -0.15) is 0 Å². The van der Waals surface area contributed by atoms with Gasteiger partial charge in [0.05, 0.1) is 92.5 Å². The highest BCUT2D eigenvalue weighted by Crippen LogP contribution is 2.13. The van der Waals surface area contributed by atoms with Crippen LogP contribution >= 0.6 is 0 Å². The maximum Gasteiger partial charge on any atom is 0.0721 e. The molecule has 9 nitrogen and oxygen atoms in total. The fourth-order valence-corrected chi connectivity index (χ4v) is 4.78. The number of ether oxygens (including phenoxy) is 7. The topological polar surface area (TPSA) is 71.1 Å². The van der Waals surface area contributed by atoms with Crippen molar-refractivity contribution in [1.29, 1.82) is 0 Å². The fourth-order valence-electron chi connectivity index (χ4n) is 4.78. The number of nitrogens with zero attached hydrogens (tertiary/aromatic N) is 2. The molecule has 2 aromatic carbocycles.